The van der Waals surface area contributed by atoms with E-state index in [0.717, 1.165) is 39.8 Å². The van der Waals surface area contributed by atoms with Gasteiger partial charge in [0.1, 0.15) is 0 Å². The molecule has 0 radical (unpaired) electrons. The van der Waals surface area contributed by atoms with Gasteiger partial charge in [-0.2, -0.15) is 0 Å². The second-order valence-corrected chi connectivity index (χ2v) is 7.54. The molecular weight excluding hydrogens is 370 g/mol. The molecule has 148 valence electrons. The van der Waals surface area contributed by atoms with E-state index in [4.69, 9.17) is 0 Å². The van der Waals surface area contributed by atoms with Crippen molar-refractivity contribution >= 4 is 28.2 Å². The lowest BCUT2D eigenvalue weighted by molar-refractivity contribution is 0.212. The maximum atomic E-state index is 13.1. The smallest absolute Gasteiger partial charge is 0.322 e. The number of carbonyl (C=O) groups is 1. The van der Waals surface area contributed by atoms with Crippen LogP contribution in [-0.4, -0.2) is 24.0 Å². The standard InChI is InChI=1S/C26H23N3O/c30-26(28-25-12-6-10-20-9-4-5-11-23(20)25)29-16-15-27-24-14-13-21(17-22(24)18-29)19-7-2-1-3-8-19/h1-14,17,27H,15-16,18H2,(H,28,30). The second-order valence-electron chi connectivity index (χ2n) is 7.54. The molecule has 4 aromatic rings. The molecule has 2 amide bonds. The number of hydrogen-bond acceptors (Lipinski definition) is 2. The molecule has 4 aromatic carbocycles. The molecule has 0 saturated heterocycles. The average Bonchev–Trinajstić information content (AvgIpc) is 3.02. The van der Waals surface area contributed by atoms with E-state index in [0.29, 0.717) is 13.1 Å². The number of anilines is 2. The Kier molecular flexibility index (Phi) is 4.81. The summed E-state index contributed by atoms with van der Waals surface area (Å²) in [5.41, 5.74) is 5.40. The molecule has 1 aliphatic heterocycles. The topological polar surface area (TPSA) is 44.4 Å². The molecule has 0 bridgehead atoms. The molecular formula is C26H23N3O. The summed E-state index contributed by atoms with van der Waals surface area (Å²) in [5.74, 6) is 0. The number of benzene rings is 4. The predicted molar refractivity (Wildman–Crippen MR) is 124 cm³/mol. The molecule has 4 heteroatoms. The average molecular weight is 393 g/mol. The summed E-state index contributed by atoms with van der Waals surface area (Å²) in [5, 5.41) is 8.74. The highest BCUT2D eigenvalue weighted by molar-refractivity contribution is 6.01. The molecule has 0 saturated carbocycles. The molecule has 4 nitrogen and oxygen atoms in total. The number of rotatable bonds is 2. The van der Waals surface area contributed by atoms with Crippen molar-refractivity contribution in [1.82, 2.24) is 4.90 Å². The second kappa shape index (κ2) is 7.91. The first kappa shape index (κ1) is 18.3. The van der Waals surface area contributed by atoms with Crippen LogP contribution in [0.1, 0.15) is 5.56 Å². The summed E-state index contributed by atoms with van der Waals surface area (Å²) in [4.78, 5) is 15.0. The van der Waals surface area contributed by atoms with Crippen molar-refractivity contribution in [2.24, 2.45) is 0 Å². The Morgan fingerprint density at radius 3 is 2.53 bits per heavy atom. The first-order chi connectivity index (χ1) is 14.8. The van der Waals surface area contributed by atoms with Crippen LogP contribution in [0.15, 0.2) is 91.0 Å². The normalized spacial score (nSPS) is 13.3. The largest absolute Gasteiger partial charge is 0.383 e. The number of amides is 2. The van der Waals surface area contributed by atoms with Crippen LogP contribution in [0.3, 0.4) is 0 Å². The molecule has 0 unspecified atom stereocenters. The van der Waals surface area contributed by atoms with Gasteiger partial charge in [-0.1, -0.05) is 72.8 Å². The molecule has 1 aliphatic rings. The van der Waals surface area contributed by atoms with Crippen LogP contribution < -0.4 is 10.6 Å². The van der Waals surface area contributed by atoms with E-state index in [9.17, 15) is 4.79 Å². The Hall–Kier alpha value is -3.79. The minimum Gasteiger partial charge on any atom is -0.383 e. The molecule has 0 atom stereocenters. The van der Waals surface area contributed by atoms with Gasteiger partial charge in [-0.25, -0.2) is 4.79 Å². The third-order valence-electron chi connectivity index (χ3n) is 5.59. The third-order valence-corrected chi connectivity index (χ3v) is 5.59. The number of nitrogens with zero attached hydrogens (tertiary/aromatic N) is 1. The Morgan fingerprint density at radius 2 is 1.63 bits per heavy atom. The maximum Gasteiger partial charge on any atom is 0.322 e. The van der Waals surface area contributed by atoms with Gasteiger partial charge in [0, 0.05) is 30.7 Å². The van der Waals surface area contributed by atoms with E-state index >= 15 is 0 Å². The zero-order valence-electron chi connectivity index (χ0n) is 16.6. The number of carbonyl (C=O) groups excluding carboxylic acids is 1. The summed E-state index contributed by atoms with van der Waals surface area (Å²) in [6, 6.07) is 30.8. The first-order valence-corrected chi connectivity index (χ1v) is 10.2. The lowest BCUT2D eigenvalue weighted by Gasteiger charge is -2.22. The SMILES string of the molecule is O=C(Nc1cccc2ccccc12)N1CCNc2ccc(-c3ccccc3)cc2C1. The van der Waals surface area contributed by atoms with Crippen molar-refractivity contribution in [3.05, 3.63) is 96.6 Å². The van der Waals surface area contributed by atoms with E-state index in [2.05, 4.69) is 53.1 Å². The Balaban J connectivity index is 1.40. The lowest BCUT2D eigenvalue weighted by Crippen LogP contribution is -2.36. The fourth-order valence-corrected chi connectivity index (χ4v) is 4.02. The molecule has 0 aromatic heterocycles. The molecule has 30 heavy (non-hydrogen) atoms. The van der Waals surface area contributed by atoms with Crippen molar-refractivity contribution in [3.8, 4) is 11.1 Å². The van der Waals surface area contributed by atoms with E-state index in [1.807, 2.05) is 53.4 Å². The highest BCUT2D eigenvalue weighted by Gasteiger charge is 2.20. The Bertz CT molecular complexity index is 1200. The van der Waals surface area contributed by atoms with Gasteiger partial charge in [0.05, 0.1) is 5.69 Å². The van der Waals surface area contributed by atoms with Crippen LogP contribution in [0.2, 0.25) is 0 Å². The van der Waals surface area contributed by atoms with Crippen molar-refractivity contribution in [2.75, 3.05) is 23.7 Å². The molecule has 2 N–H and O–H groups in total. The maximum absolute atomic E-state index is 13.1. The van der Waals surface area contributed by atoms with Crippen molar-refractivity contribution in [2.45, 2.75) is 6.54 Å². The summed E-state index contributed by atoms with van der Waals surface area (Å²) >= 11 is 0. The highest BCUT2D eigenvalue weighted by atomic mass is 16.2. The number of nitrogens with one attached hydrogen (secondary N) is 2. The van der Waals surface area contributed by atoms with E-state index in [1.165, 1.54) is 5.56 Å². The summed E-state index contributed by atoms with van der Waals surface area (Å²) in [7, 11) is 0. The highest BCUT2D eigenvalue weighted by Crippen LogP contribution is 2.28. The zero-order chi connectivity index (χ0) is 20.3. The minimum atomic E-state index is -0.0777. The van der Waals surface area contributed by atoms with Crippen LogP contribution in [0.25, 0.3) is 21.9 Å². The van der Waals surface area contributed by atoms with E-state index in [-0.39, 0.29) is 6.03 Å². The monoisotopic (exact) mass is 393 g/mol. The number of hydrogen-bond donors (Lipinski definition) is 2. The van der Waals surface area contributed by atoms with Crippen LogP contribution >= 0.6 is 0 Å². The van der Waals surface area contributed by atoms with E-state index in [1.54, 1.807) is 0 Å². The van der Waals surface area contributed by atoms with Gasteiger partial charge in [-0.15, -0.1) is 0 Å². The zero-order valence-corrected chi connectivity index (χ0v) is 16.6. The van der Waals surface area contributed by atoms with Gasteiger partial charge in [0.25, 0.3) is 0 Å². The van der Waals surface area contributed by atoms with Gasteiger partial charge in [-0.3, -0.25) is 0 Å². The van der Waals surface area contributed by atoms with Crippen LogP contribution in [0.4, 0.5) is 16.2 Å². The Labute approximate surface area is 176 Å². The van der Waals surface area contributed by atoms with Crippen LogP contribution in [0, 0.1) is 0 Å². The third kappa shape index (κ3) is 3.60. The molecule has 0 aliphatic carbocycles. The quantitative estimate of drug-likeness (QED) is 0.441. The minimum absolute atomic E-state index is 0.0777. The van der Waals surface area contributed by atoms with Gasteiger partial charge in [-0.05, 0) is 40.3 Å². The first-order valence-electron chi connectivity index (χ1n) is 10.2. The molecule has 0 fully saturated rings. The number of urea groups is 1. The van der Waals surface area contributed by atoms with E-state index < -0.39 is 0 Å². The van der Waals surface area contributed by atoms with Crippen molar-refractivity contribution in [3.63, 3.8) is 0 Å². The van der Waals surface area contributed by atoms with Crippen molar-refractivity contribution in [1.29, 1.82) is 0 Å². The molecule has 5 rings (SSSR count). The fraction of sp³-hybridized carbons (Fsp3) is 0.115. The van der Waals surface area contributed by atoms with Crippen molar-refractivity contribution < 1.29 is 4.79 Å². The molecule has 0 spiro atoms. The van der Waals surface area contributed by atoms with Gasteiger partial charge < -0.3 is 15.5 Å². The Morgan fingerprint density at radius 1 is 0.833 bits per heavy atom. The number of fused-ring (bicyclic) bond motifs is 2. The van der Waals surface area contributed by atoms with Crippen LogP contribution in [0.5, 0.6) is 0 Å². The van der Waals surface area contributed by atoms with Gasteiger partial charge in [0.2, 0.25) is 0 Å². The van der Waals surface area contributed by atoms with Crippen LogP contribution in [-0.2, 0) is 6.54 Å². The summed E-state index contributed by atoms with van der Waals surface area (Å²) in [6.07, 6.45) is 0. The van der Waals surface area contributed by atoms with Gasteiger partial charge >= 0.3 is 6.03 Å². The molecule has 1 heterocycles. The summed E-state index contributed by atoms with van der Waals surface area (Å²) in [6.45, 7) is 1.94. The lowest BCUT2D eigenvalue weighted by atomic mass is 10.0. The summed E-state index contributed by atoms with van der Waals surface area (Å²) < 4.78 is 0. The fourth-order valence-electron chi connectivity index (χ4n) is 4.02. The predicted octanol–water partition coefficient (Wildman–Crippen LogP) is 5.97. The van der Waals surface area contributed by atoms with Gasteiger partial charge in [0.15, 0.2) is 0 Å².